The molecule has 1 unspecified atom stereocenters. The van der Waals surface area contributed by atoms with E-state index in [0.29, 0.717) is 17.4 Å². The summed E-state index contributed by atoms with van der Waals surface area (Å²) in [7, 11) is 1.31. The Labute approximate surface area is 123 Å². The summed E-state index contributed by atoms with van der Waals surface area (Å²) in [4.78, 5) is 23.0. The van der Waals surface area contributed by atoms with Crippen molar-refractivity contribution in [2.45, 2.75) is 6.92 Å². The van der Waals surface area contributed by atoms with E-state index in [-0.39, 0.29) is 18.4 Å². The van der Waals surface area contributed by atoms with Crippen molar-refractivity contribution in [1.82, 2.24) is 5.32 Å². The first kappa shape index (κ1) is 15.3. The van der Waals surface area contributed by atoms with E-state index >= 15 is 0 Å². The number of anilines is 1. The lowest BCUT2D eigenvalue weighted by Crippen LogP contribution is -2.48. The van der Waals surface area contributed by atoms with E-state index in [4.69, 9.17) is 4.74 Å². The van der Waals surface area contributed by atoms with Crippen molar-refractivity contribution in [2.75, 3.05) is 32.1 Å². The Morgan fingerprint density at radius 3 is 2.52 bits per heavy atom. The third kappa shape index (κ3) is 4.19. The molecule has 0 spiro atoms. The van der Waals surface area contributed by atoms with E-state index in [0.717, 1.165) is 13.1 Å². The zero-order chi connectivity index (χ0) is 15.2. The summed E-state index contributed by atoms with van der Waals surface area (Å²) in [6.07, 6.45) is 0. The molecule has 21 heavy (non-hydrogen) atoms. The van der Waals surface area contributed by atoms with Gasteiger partial charge in [0.15, 0.2) is 6.61 Å². The molecule has 1 aromatic carbocycles. The molecule has 1 saturated heterocycles. The van der Waals surface area contributed by atoms with Gasteiger partial charge in [0.1, 0.15) is 5.75 Å². The molecule has 0 radical (unpaired) electrons. The summed E-state index contributed by atoms with van der Waals surface area (Å²) in [6, 6.07) is 6.90. The van der Waals surface area contributed by atoms with Crippen LogP contribution >= 0.6 is 0 Å². The predicted octanol–water partition coefficient (Wildman–Crippen LogP) is 1.03. The molecule has 1 heterocycles. The molecule has 1 fully saturated rings. The van der Waals surface area contributed by atoms with Crippen LogP contribution in [0.3, 0.4) is 0 Å². The van der Waals surface area contributed by atoms with Crippen molar-refractivity contribution in [3.63, 3.8) is 0 Å². The van der Waals surface area contributed by atoms with Crippen LogP contribution in [0, 0.1) is 11.8 Å². The van der Waals surface area contributed by atoms with E-state index < -0.39 is 5.97 Å². The lowest BCUT2D eigenvalue weighted by molar-refractivity contribution is -0.142. The largest absolute Gasteiger partial charge is 0.482 e. The van der Waals surface area contributed by atoms with Crippen LogP contribution in [-0.4, -0.2) is 38.7 Å². The molecule has 1 atom stereocenters. The highest BCUT2D eigenvalue weighted by Crippen LogP contribution is 2.20. The summed E-state index contributed by atoms with van der Waals surface area (Å²) >= 11 is 0. The predicted molar refractivity (Wildman–Crippen MR) is 78.1 cm³/mol. The Morgan fingerprint density at radius 1 is 1.33 bits per heavy atom. The topological polar surface area (TPSA) is 76.7 Å². The van der Waals surface area contributed by atoms with Crippen molar-refractivity contribution in [3.8, 4) is 5.75 Å². The highest BCUT2D eigenvalue weighted by Gasteiger charge is 2.28. The third-order valence-electron chi connectivity index (χ3n) is 3.64. The Balaban J connectivity index is 1.84. The number of ether oxygens (including phenoxy) is 2. The first-order chi connectivity index (χ1) is 10.1. The SMILES string of the molecule is COC(=O)COc1ccc(NC(=O)C(C)C2CNC2)cc1. The average Bonchev–Trinajstić information content (AvgIpc) is 2.44. The van der Waals surface area contributed by atoms with Gasteiger partial charge in [-0.3, -0.25) is 4.79 Å². The summed E-state index contributed by atoms with van der Waals surface area (Å²) in [6.45, 7) is 3.60. The maximum Gasteiger partial charge on any atom is 0.343 e. The number of nitrogens with one attached hydrogen (secondary N) is 2. The van der Waals surface area contributed by atoms with Crippen molar-refractivity contribution in [3.05, 3.63) is 24.3 Å². The molecule has 2 rings (SSSR count). The lowest BCUT2D eigenvalue weighted by atomic mass is 9.88. The van der Waals surface area contributed by atoms with Crippen LogP contribution in [0.2, 0.25) is 0 Å². The van der Waals surface area contributed by atoms with Crippen LogP contribution in [0.25, 0.3) is 0 Å². The molecule has 0 bridgehead atoms. The third-order valence-corrected chi connectivity index (χ3v) is 3.64. The van der Waals surface area contributed by atoms with Crippen molar-refractivity contribution in [1.29, 1.82) is 0 Å². The quantitative estimate of drug-likeness (QED) is 0.766. The lowest BCUT2D eigenvalue weighted by Gasteiger charge is -2.31. The Morgan fingerprint density at radius 2 is 2.00 bits per heavy atom. The maximum absolute atomic E-state index is 12.1. The number of methoxy groups -OCH3 is 1. The monoisotopic (exact) mass is 292 g/mol. The Hall–Kier alpha value is -2.08. The standard InChI is InChI=1S/C15H20N2O4/c1-10(11-7-16-8-11)15(19)17-12-3-5-13(6-4-12)21-9-14(18)20-2/h3-6,10-11,16H,7-9H2,1-2H3,(H,17,19). The summed E-state index contributed by atoms with van der Waals surface area (Å²) in [5, 5.41) is 6.04. The number of hydrogen-bond donors (Lipinski definition) is 2. The number of amides is 1. The van der Waals surface area contributed by atoms with Gasteiger partial charge in [0, 0.05) is 11.6 Å². The number of rotatable bonds is 6. The summed E-state index contributed by atoms with van der Waals surface area (Å²) in [5.41, 5.74) is 0.713. The van der Waals surface area contributed by atoms with E-state index in [1.54, 1.807) is 24.3 Å². The maximum atomic E-state index is 12.1. The summed E-state index contributed by atoms with van der Waals surface area (Å²) in [5.74, 6) is 0.531. The minimum absolute atomic E-state index is 0.0125. The Kier molecular flexibility index (Phi) is 5.16. The molecule has 0 saturated carbocycles. The second-order valence-corrected chi connectivity index (χ2v) is 5.09. The molecule has 6 heteroatoms. The zero-order valence-electron chi connectivity index (χ0n) is 12.2. The first-order valence-electron chi connectivity index (χ1n) is 6.91. The van der Waals surface area contributed by atoms with Crippen LogP contribution in [0.4, 0.5) is 5.69 Å². The molecular formula is C15H20N2O4. The van der Waals surface area contributed by atoms with E-state index in [1.165, 1.54) is 7.11 Å². The highest BCUT2D eigenvalue weighted by atomic mass is 16.6. The highest BCUT2D eigenvalue weighted by molar-refractivity contribution is 5.92. The van der Waals surface area contributed by atoms with Crippen molar-refractivity contribution in [2.24, 2.45) is 11.8 Å². The second-order valence-electron chi connectivity index (χ2n) is 5.09. The van der Waals surface area contributed by atoms with Gasteiger partial charge in [0.2, 0.25) is 5.91 Å². The van der Waals surface area contributed by atoms with Gasteiger partial charge < -0.3 is 20.1 Å². The summed E-state index contributed by atoms with van der Waals surface area (Å²) < 4.78 is 9.72. The molecule has 0 aliphatic carbocycles. The normalized spacial score (nSPS) is 15.7. The minimum Gasteiger partial charge on any atom is -0.482 e. The fraction of sp³-hybridized carbons (Fsp3) is 0.467. The number of carbonyl (C=O) groups is 2. The van der Waals surface area contributed by atoms with Gasteiger partial charge in [-0.15, -0.1) is 0 Å². The van der Waals surface area contributed by atoms with Crippen LogP contribution in [0.15, 0.2) is 24.3 Å². The van der Waals surface area contributed by atoms with Gasteiger partial charge in [-0.05, 0) is 43.3 Å². The van der Waals surface area contributed by atoms with Crippen LogP contribution in [0.5, 0.6) is 5.75 Å². The molecule has 114 valence electrons. The smallest absolute Gasteiger partial charge is 0.343 e. The van der Waals surface area contributed by atoms with Crippen LogP contribution in [0.1, 0.15) is 6.92 Å². The number of carbonyl (C=O) groups excluding carboxylic acids is 2. The van der Waals surface area contributed by atoms with Gasteiger partial charge in [0.05, 0.1) is 7.11 Å². The van der Waals surface area contributed by atoms with Gasteiger partial charge in [0.25, 0.3) is 0 Å². The first-order valence-corrected chi connectivity index (χ1v) is 6.91. The van der Waals surface area contributed by atoms with E-state index in [1.807, 2.05) is 6.92 Å². The molecule has 6 nitrogen and oxygen atoms in total. The van der Waals surface area contributed by atoms with Gasteiger partial charge >= 0.3 is 5.97 Å². The zero-order valence-corrected chi connectivity index (χ0v) is 12.2. The molecule has 0 aromatic heterocycles. The van der Waals surface area contributed by atoms with E-state index in [2.05, 4.69) is 15.4 Å². The molecular weight excluding hydrogens is 272 g/mol. The van der Waals surface area contributed by atoms with Gasteiger partial charge in [-0.2, -0.15) is 0 Å². The molecule has 2 N–H and O–H groups in total. The van der Waals surface area contributed by atoms with Gasteiger partial charge in [-0.25, -0.2) is 4.79 Å². The number of hydrogen-bond acceptors (Lipinski definition) is 5. The minimum atomic E-state index is -0.435. The Bertz CT molecular complexity index is 497. The molecule has 1 aliphatic heterocycles. The molecule has 1 amide bonds. The number of esters is 1. The van der Waals surface area contributed by atoms with Crippen molar-refractivity contribution >= 4 is 17.6 Å². The van der Waals surface area contributed by atoms with Crippen molar-refractivity contribution < 1.29 is 19.1 Å². The van der Waals surface area contributed by atoms with Crippen LogP contribution < -0.4 is 15.4 Å². The average molecular weight is 292 g/mol. The van der Waals surface area contributed by atoms with E-state index in [9.17, 15) is 9.59 Å². The number of benzene rings is 1. The molecule has 1 aromatic rings. The van der Waals surface area contributed by atoms with Gasteiger partial charge in [-0.1, -0.05) is 6.92 Å². The fourth-order valence-corrected chi connectivity index (χ4v) is 1.97. The fourth-order valence-electron chi connectivity index (χ4n) is 1.97. The second kappa shape index (κ2) is 7.08. The van der Waals surface area contributed by atoms with Crippen LogP contribution in [-0.2, 0) is 14.3 Å². The molecule has 1 aliphatic rings.